The minimum atomic E-state index is -1.16. The number of urea groups is 1. The third kappa shape index (κ3) is 3.89. The number of imide groups is 1. The fourth-order valence-electron chi connectivity index (χ4n) is 2.85. The average Bonchev–Trinajstić information content (AvgIpc) is 2.79. The van der Waals surface area contributed by atoms with Gasteiger partial charge in [-0.1, -0.05) is 52.0 Å². The first-order valence-corrected chi connectivity index (χ1v) is 9.10. The van der Waals surface area contributed by atoms with Gasteiger partial charge in [0.2, 0.25) is 5.91 Å². The number of carbonyl (C=O) groups excluding carboxylic acids is 3. The van der Waals surface area contributed by atoms with Crippen molar-refractivity contribution in [2.24, 2.45) is 5.92 Å². The lowest BCUT2D eigenvalue weighted by atomic mass is 9.90. The first kappa shape index (κ1) is 19.9. The second-order valence-corrected chi connectivity index (χ2v) is 7.82. The van der Waals surface area contributed by atoms with Crippen LogP contribution in [0.25, 0.3) is 0 Å². The Kier molecular flexibility index (Phi) is 5.74. The molecule has 26 heavy (non-hydrogen) atoms. The van der Waals surface area contributed by atoms with E-state index in [9.17, 15) is 14.4 Å². The second kappa shape index (κ2) is 7.48. The molecule has 1 aromatic rings. The molecule has 2 atom stereocenters. The molecule has 1 heterocycles. The molecule has 0 saturated carbocycles. The lowest BCUT2D eigenvalue weighted by Crippen LogP contribution is -2.46. The van der Waals surface area contributed by atoms with Crippen LogP contribution in [0.15, 0.2) is 24.3 Å². The van der Waals surface area contributed by atoms with Crippen molar-refractivity contribution < 1.29 is 14.4 Å². The summed E-state index contributed by atoms with van der Waals surface area (Å²) in [5.74, 6) is -0.0954. The van der Waals surface area contributed by atoms with Gasteiger partial charge in [-0.3, -0.25) is 14.5 Å². The Balaban J connectivity index is 2.15. The van der Waals surface area contributed by atoms with E-state index < -0.39 is 17.5 Å². The van der Waals surface area contributed by atoms with Gasteiger partial charge in [0, 0.05) is 6.04 Å². The zero-order chi connectivity index (χ0) is 19.6. The van der Waals surface area contributed by atoms with E-state index in [4.69, 9.17) is 0 Å². The molecule has 0 bridgehead atoms. The first-order valence-electron chi connectivity index (χ1n) is 9.10. The summed E-state index contributed by atoms with van der Waals surface area (Å²) in [4.78, 5) is 38.4. The van der Waals surface area contributed by atoms with Gasteiger partial charge in [0.05, 0.1) is 0 Å². The van der Waals surface area contributed by atoms with Gasteiger partial charge in [0.25, 0.3) is 5.91 Å². The highest BCUT2D eigenvalue weighted by Gasteiger charge is 2.49. The highest BCUT2D eigenvalue weighted by Crippen LogP contribution is 2.29. The van der Waals surface area contributed by atoms with Crippen LogP contribution in [-0.4, -0.2) is 35.3 Å². The normalized spacial score (nSPS) is 21.3. The molecule has 0 aliphatic carbocycles. The zero-order valence-corrected chi connectivity index (χ0v) is 16.4. The topological polar surface area (TPSA) is 78.5 Å². The maximum absolute atomic E-state index is 12.9. The molecular formula is C20H29N3O3. The van der Waals surface area contributed by atoms with Gasteiger partial charge in [-0.25, -0.2) is 4.79 Å². The minimum absolute atomic E-state index is 0.0294. The van der Waals surface area contributed by atoms with Crippen LogP contribution < -0.4 is 10.6 Å². The quantitative estimate of drug-likeness (QED) is 0.767. The molecule has 0 unspecified atom stereocenters. The lowest BCUT2D eigenvalue weighted by Gasteiger charge is -2.23. The SMILES string of the molecule is CC(C)c1ccc([C@@]2(C)NC(=O)N(CC(=O)N[C@@H](C)C(C)C)C2=O)cc1. The Bertz CT molecular complexity index is 697. The fourth-order valence-corrected chi connectivity index (χ4v) is 2.85. The summed E-state index contributed by atoms with van der Waals surface area (Å²) in [7, 11) is 0. The molecule has 1 fully saturated rings. The van der Waals surface area contributed by atoms with Crippen LogP contribution >= 0.6 is 0 Å². The Hall–Kier alpha value is -2.37. The average molecular weight is 359 g/mol. The molecule has 1 aromatic carbocycles. The van der Waals surface area contributed by atoms with E-state index in [1.165, 1.54) is 0 Å². The molecule has 6 heteroatoms. The standard InChI is InChI=1S/C20H29N3O3/c1-12(2)14(5)21-17(24)11-23-18(25)20(6,22-19(23)26)16-9-7-15(8-10-16)13(3)4/h7-10,12-14H,11H2,1-6H3,(H,21,24)(H,22,26)/t14-,20+/m0/s1. The summed E-state index contributed by atoms with van der Waals surface area (Å²) in [5.41, 5.74) is 0.711. The summed E-state index contributed by atoms with van der Waals surface area (Å²) in [5, 5.41) is 5.56. The fraction of sp³-hybridized carbons (Fsp3) is 0.550. The second-order valence-electron chi connectivity index (χ2n) is 7.82. The Morgan fingerprint density at radius 3 is 2.19 bits per heavy atom. The Morgan fingerprint density at radius 2 is 1.69 bits per heavy atom. The third-order valence-corrected chi connectivity index (χ3v) is 5.12. The predicted molar refractivity (Wildman–Crippen MR) is 101 cm³/mol. The van der Waals surface area contributed by atoms with Crippen molar-refractivity contribution in [3.05, 3.63) is 35.4 Å². The molecule has 142 valence electrons. The van der Waals surface area contributed by atoms with Crippen molar-refractivity contribution in [2.45, 2.75) is 59.0 Å². The number of rotatable bonds is 6. The molecule has 6 nitrogen and oxygen atoms in total. The Morgan fingerprint density at radius 1 is 1.12 bits per heavy atom. The van der Waals surface area contributed by atoms with Gasteiger partial charge in [0.1, 0.15) is 12.1 Å². The largest absolute Gasteiger partial charge is 0.352 e. The summed E-state index contributed by atoms with van der Waals surface area (Å²) in [6.45, 7) is 11.5. The third-order valence-electron chi connectivity index (χ3n) is 5.12. The van der Waals surface area contributed by atoms with Crippen LogP contribution in [0.2, 0.25) is 0 Å². The molecule has 0 aromatic heterocycles. The highest BCUT2D eigenvalue weighted by molar-refractivity contribution is 6.09. The number of hydrogen-bond acceptors (Lipinski definition) is 3. The molecule has 0 spiro atoms. The van der Waals surface area contributed by atoms with Crippen molar-refractivity contribution in [1.82, 2.24) is 15.5 Å². The van der Waals surface area contributed by atoms with Gasteiger partial charge in [-0.05, 0) is 36.8 Å². The van der Waals surface area contributed by atoms with E-state index in [1.807, 2.05) is 45.0 Å². The van der Waals surface area contributed by atoms with E-state index in [1.54, 1.807) is 6.92 Å². The van der Waals surface area contributed by atoms with Crippen LogP contribution in [0.4, 0.5) is 4.79 Å². The van der Waals surface area contributed by atoms with Gasteiger partial charge in [-0.15, -0.1) is 0 Å². The van der Waals surface area contributed by atoms with Crippen molar-refractivity contribution >= 4 is 17.8 Å². The highest BCUT2D eigenvalue weighted by atomic mass is 16.2. The van der Waals surface area contributed by atoms with Crippen molar-refractivity contribution in [1.29, 1.82) is 0 Å². The Labute approximate surface area is 155 Å². The first-order chi connectivity index (χ1) is 12.1. The van der Waals surface area contributed by atoms with Crippen LogP contribution in [0.5, 0.6) is 0 Å². The molecule has 1 aliphatic heterocycles. The molecule has 4 amide bonds. The molecule has 2 N–H and O–H groups in total. The van der Waals surface area contributed by atoms with Gasteiger partial charge in [0.15, 0.2) is 0 Å². The van der Waals surface area contributed by atoms with E-state index in [0.29, 0.717) is 11.5 Å². The number of amides is 4. The molecular weight excluding hydrogens is 330 g/mol. The van der Waals surface area contributed by atoms with Gasteiger partial charge < -0.3 is 10.6 Å². The van der Waals surface area contributed by atoms with Crippen LogP contribution in [0.3, 0.4) is 0 Å². The van der Waals surface area contributed by atoms with Crippen LogP contribution in [0, 0.1) is 5.92 Å². The van der Waals surface area contributed by atoms with Gasteiger partial charge in [-0.2, -0.15) is 0 Å². The number of nitrogens with zero attached hydrogens (tertiary/aromatic N) is 1. The van der Waals surface area contributed by atoms with E-state index in [0.717, 1.165) is 10.5 Å². The summed E-state index contributed by atoms with van der Waals surface area (Å²) >= 11 is 0. The van der Waals surface area contributed by atoms with Crippen molar-refractivity contribution in [2.75, 3.05) is 6.54 Å². The monoisotopic (exact) mass is 359 g/mol. The van der Waals surface area contributed by atoms with E-state index in [2.05, 4.69) is 24.5 Å². The van der Waals surface area contributed by atoms with Crippen LogP contribution in [0.1, 0.15) is 58.6 Å². The molecule has 0 radical (unpaired) electrons. The van der Waals surface area contributed by atoms with Crippen LogP contribution in [-0.2, 0) is 15.1 Å². The summed E-state index contributed by atoms with van der Waals surface area (Å²) < 4.78 is 0. The number of carbonyl (C=O) groups is 3. The minimum Gasteiger partial charge on any atom is -0.352 e. The van der Waals surface area contributed by atoms with E-state index >= 15 is 0 Å². The summed E-state index contributed by atoms with van der Waals surface area (Å²) in [6.07, 6.45) is 0. The van der Waals surface area contributed by atoms with Crippen molar-refractivity contribution in [3.63, 3.8) is 0 Å². The van der Waals surface area contributed by atoms with Crippen molar-refractivity contribution in [3.8, 4) is 0 Å². The molecule has 2 rings (SSSR count). The maximum atomic E-state index is 12.9. The van der Waals surface area contributed by atoms with E-state index in [-0.39, 0.29) is 24.4 Å². The molecule has 1 aliphatic rings. The van der Waals surface area contributed by atoms with Gasteiger partial charge >= 0.3 is 6.03 Å². The zero-order valence-electron chi connectivity index (χ0n) is 16.4. The lowest BCUT2D eigenvalue weighted by molar-refractivity contribution is -0.135. The number of benzene rings is 1. The number of hydrogen-bond donors (Lipinski definition) is 2. The predicted octanol–water partition coefficient (Wildman–Crippen LogP) is 2.74. The number of nitrogens with one attached hydrogen (secondary N) is 2. The molecule has 1 saturated heterocycles. The smallest absolute Gasteiger partial charge is 0.325 e. The summed E-state index contributed by atoms with van der Waals surface area (Å²) in [6, 6.07) is 7.07. The maximum Gasteiger partial charge on any atom is 0.325 e.